The van der Waals surface area contributed by atoms with Crippen molar-refractivity contribution in [2.24, 2.45) is 17.6 Å². The van der Waals surface area contributed by atoms with Gasteiger partial charge in [0.25, 0.3) is 0 Å². The van der Waals surface area contributed by atoms with Gasteiger partial charge >= 0.3 is 0 Å². The zero-order valence-electron chi connectivity index (χ0n) is 26.5. The molecular formula is C34H40N8O5S. The molecule has 0 radical (unpaired) electrons. The molecule has 14 heteroatoms. The predicted molar refractivity (Wildman–Crippen MR) is 180 cm³/mol. The highest BCUT2D eigenvalue weighted by Crippen LogP contribution is 2.31. The van der Waals surface area contributed by atoms with Gasteiger partial charge in [0.1, 0.15) is 6.04 Å². The number of carbonyl (C=O) groups excluding carboxylic acids is 2. The lowest BCUT2D eigenvalue weighted by Crippen LogP contribution is -2.48. The Morgan fingerprint density at radius 2 is 1.62 bits per heavy atom. The summed E-state index contributed by atoms with van der Waals surface area (Å²) in [6, 6.07) is 20.6. The maximum Gasteiger partial charge on any atom is 0.247 e. The summed E-state index contributed by atoms with van der Waals surface area (Å²) >= 11 is 0. The summed E-state index contributed by atoms with van der Waals surface area (Å²) in [7, 11) is -3.72. The van der Waals surface area contributed by atoms with Crippen molar-refractivity contribution >= 4 is 27.5 Å². The van der Waals surface area contributed by atoms with E-state index in [1.807, 2.05) is 30.3 Å². The fourth-order valence-corrected chi connectivity index (χ4v) is 7.91. The van der Waals surface area contributed by atoms with Gasteiger partial charge in [-0.2, -0.15) is 9.52 Å². The van der Waals surface area contributed by atoms with E-state index in [9.17, 15) is 18.0 Å². The molecule has 1 aromatic heterocycles. The highest BCUT2D eigenvalue weighted by atomic mass is 32.2. The predicted octanol–water partition coefficient (Wildman–Crippen LogP) is 2.99. The smallest absolute Gasteiger partial charge is 0.247 e. The number of carbonyl (C=O) groups is 2. The number of amides is 2. The average Bonchev–Trinajstić information content (AvgIpc) is 3.68. The van der Waals surface area contributed by atoms with Crippen LogP contribution in [0.25, 0.3) is 22.5 Å². The van der Waals surface area contributed by atoms with Crippen LogP contribution in [0.15, 0.2) is 77.7 Å². The molecule has 4 aromatic rings. The molecule has 2 heterocycles. The van der Waals surface area contributed by atoms with Gasteiger partial charge in [0, 0.05) is 42.2 Å². The van der Waals surface area contributed by atoms with E-state index in [2.05, 4.69) is 31.3 Å². The number of rotatable bonds is 11. The summed E-state index contributed by atoms with van der Waals surface area (Å²) < 4.78 is 33.9. The van der Waals surface area contributed by atoms with Gasteiger partial charge in [-0.1, -0.05) is 42.5 Å². The summed E-state index contributed by atoms with van der Waals surface area (Å²) in [6.45, 7) is 1.96. The lowest BCUT2D eigenvalue weighted by atomic mass is 9.81. The number of nitrogens with one attached hydrogen (secondary N) is 3. The molecule has 13 nitrogen and oxygen atoms in total. The Morgan fingerprint density at radius 3 is 2.29 bits per heavy atom. The molecule has 1 saturated carbocycles. The van der Waals surface area contributed by atoms with Crippen LogP contribution in [0.5, 0.6) is 0 Å². The average molecular weight is 673 g/mol. The Kier molecular flexibility index (Phi) is 10.5. The van der Waals surface area contributed by atoms with E-state index in [0.717, 1.165) is 42.4 Å². The maximum atomic E-state index is 13.7. The van der Waals surface area contributed by atoms with Crippen molar-refractivity contribution in [3.05, 3.63) is 78.4 Å². The molecule has 0 unspecified atom stereocenters. The molecule has 1 atom stereocenters. The molecule has 5 N–H and O–H groups in total. The van der Waals surface area contributed by atoms with Gasteiger partial charge in [-0.25, -0.2) is 8.42 Å². The van der Waals surface area contributed by atoms with Crippen LogP contribution >= 0.6 is 0 Å². The minimum atomic E-state index is -3.72. The number of sulfonamides is 1. The number of anilines is 1. The number of nitrogens with two attached hydrogens (primary N) is 1. The lowest BCUT2D eigenvalue weighted by molar-refractivity contribution is -0.130. The van der Waals surface area contributed by atoms with E-state index in [4.69, 9.17) is 10.5 Å². The molecule has 1 aliphatic carbocycles. The van der Waals surface area contributed by atoms with Crippen LogP contribution in [0.2, 0.25) is 0 Å². The van der Waals surface area contributed by atoms with Crippen LogP contribution in [-0.4, -0.2) is 84.1 Å². The number of ether oxygens (including phenoxy) is 1. The minimum absolute atomic E-state index is 0.142. The molecule has 1 aliphatic heterocycles. The van der Waals surface area contributed by atoms with Crippen molar-refractivity contribution in [3.63, 3.8) is 0 Å². The van der Waals surface area contributed by atoms with Crippen molar-refractivity contribution in [2.75, 3.05) is 38.2 Å². The van der Waals surface area contributed by atoms with Gasteiger partial charge in [0.2, 0.25) is 27.7 Å². The first-order valence-corrected chi connectivity index (χ1v) is 17.7. The highest BCUT2D eigenvalue weighted by molar-refractivity contribution is 7.89. The van der Waals surface area contributed by atoms with Crippen LogP contribution in [0.3, 0.4) is 0 Å². The number of H-pyrrole nitrogens is 1. The first-order valence-electron chi connectivity index (χ1n) is 16.2. The number of tetrazole rings is 1. The van der Waals surface area contributed by atoms with E-state index in [0.29, 0.717) is 55.8 Å². The second kappa shape index (κ2) is 15.2. The Balaban J connectivity index is 1.20. The summed E-state index contributed by atoms with van der Waals surface area (Å²) in [5.41, 5.74) is 9.28. The van der Waals surface area contributed by atoms with E-state index in [1.165, 1.54) is 4.31 Å². The second-order valence-electron chi connectivity index (χ2n) is 12.2. The number of aromatic amines is 1. The monoisotopic (exact) mass is 672 g/mol. The Hall–Kier alpha value is -4.50. The minimum Gasteiger partial charge on any atom is -0.379 e. The number of hydrogen-bond donors (Lipinski definition) is 4. The van der Waals surface area contributed by atoms with Crippen molar-refractivity contribution in [2.45, 2.75) is 43.0 Å². The Labute approximate surface area is 279 Å². The third-order valence-electron chi connectivity index (χ3n) is 9.12. The van der Waals surface area contributed by atoms with Crippen LogP contribution in [0.1, 0.15) is 31.2 Å². The first kappa shape index (κ1) is 33.4. The maximum absolute atomic E-state index is 13.7. The third-order valence-corrected chi connectivity index (χ3v) is 11.1. The number of morpholine rings is 1. The Bertz CT molecular complexity index is 1790. The van der Waals surface area contributed by atoms with Crippen LogP contribution in [0.4, 0.5) is 5.69 Å². The van der Waals surface area contributed by atoms with Gasteiger partial charge in [-0.3, -0.25) is 9.59 Å². The normalized spacial score (nSPS) is 19.4. The van der Waals surface area contributed by atoms with Gasteiger partial charge in [-0.05, 0) is 84.8 Å². The van der Waals surface area contributed by atoms with E-state index in [1.54, 1.807) is 42.5 Å². The molecule has 6 rings (SSSR count). The molecular weight excluding hydrogens is 632 g/mol. The van der Waals surface area contributed by atoms with Gasteiger partial charge in [0.15, 0.2) is 0 Å². The molecule has 1 saturated heterocycles. The van der Waals surface area contributed by atoms with Gasteiger partial charge in [0.05, 0.1) is 18.1 Å². The molecule has 0 bridgehead atoms. The quantitative estimate of drug-likeness (QED) is 0.186. The lowest BCUT2D eigenvalue weighted by Gasteiger charge is -2.28. The van der Waals surface area contributed by atoms with Crippen molar-refractivity contribution in [1.82, 2.24) is 30.2 Å². The first-order chi connectivity index (χ1) is 23.3. The molecule has 48 heavy (non-hydrogen) atoms. The molecule has 252 valence electrons. The van der Waals surface area contributed by atoms with Gasteiger partial charge < -0.3 is 21.1 Å². The van der Waals surface area contributed by atoms with E-state index < -0.39 is 16.1 Å². The number of benzene rings is 3. The second-order valence-corrected chi connectivity index (χ2v) is 14.1. The summed E-state index contributed by atoms with van der Waals surface area (Å²) in [4.78, 5) is 27.3. The zero-order chi connectivity index (χ0) is 33.5. The van der Waals surface area contributed by atoms with Crippen molar-refractivity contribution < 1.29 is 22.7 Å². The number of nitrogens with zero attached hydrogens (tertiary/aromatic N) is 4. The summed E-state index contributed by atoms with van der Waals surface area (Å²) in [5.74, 6) is 0.196. The highest BCUT2D eigenvalue weighted by Gasteiger charge is 2.31. The van der Waals surface area contributed by atoms with Crippen LogP contribution in [-0.2, 0) is 30.8 Å². The van der Waals surface area contributed by atoms with E-state index in [-0.39, 0.29) is 29.0 Å². The largest absolute Gasteiger partial charge is 0.379 e. The topological polar surface area (TPSA) is 185 Å². The van der Waals surface area contributed by atoms with Crippen molar-refractivity contribution in [3.8, 4) is 22.5 Å². The SMILES string of the molecule is NCC1CCC(C(=O)N[C@@H](Cc2ccc(-c3ccccc3S(=O)(=O)N3CCOCC3)cc2)C(=O)Nc2ccc(-c3nn[nH]n3)cc2)CC1. The molecule has 3 aromatic carbocycles. The number of aromatic nitrogens is 4. The molecule has 0 spiro atoms. The zero-order valence-corrected chi connectivity index (χ0v) is 27.4. The van der Waals surface area contributed by atoms with Crippen LogP contribution < -0.4 is 16.4 Å². The van der Waals surface area contributed by atoms with Crippen LogP contribution in [0, 0.1) is 11.8 Å². The standard InChI is InChI=1S/C34H40N8O5S/c35-22-24-7-11-27(12-8-24)33(43)37-30(34(44)36-28-15-13-26(14-16-28)32-38-40-41-39-32)21-23-5-9-25(10-6-23)29-3-1-2-4-31(29)48(45,46)42-17-19-47-20-18-42/h1-6,9-10,13-16,24,27,30H,7-8,11-12,17-22,35H2,(H,36,44)(H,37,43)(H,38,39,40,41)/t24?,27?,30-/m0/s1. The third kappa shape index (κ3) is 7.79. The molecule has 2 fully saturated rings. The number of hydrogen-bond acceptors (Lipinski definition) is 9. The molecule has 2 aliphatic rings. The van der Waals surface area contributed by atoms with E-state index >= 15 is 0 Å². The molecule has 2 amide bonds. The van der Waals surface area contributed by atoms with Gasteiger partial charge in [-0.15, -0.1) is 10.2 Å². The summed E-state index contributed by atoms with van der Waals surface area (Å²) in [5, 5.41) is 19.9. The summed E-state index contributed by atoms with van der Waals surface area (Å²) in [6.07, 6.45) is 3.50. The Morgan fingerprint density at radius 1 is 0.938 bits per heavy atom. The fourth-order valence-electron chi connectivity index (χ4n) is 6.29. The fraction of sp³-hybridized carbons (Fsp3) is 0.382. The van der Waals surface area contributed by atoms with Crippen molar-refractivity contribution in [1.29, 1.82) is 0 Å².